The molecule has 0 fully saturated rings. The zero-order chi connectivity index (χ0) is 14.6. The number of ketones is 1. The number of carboxylic acids is 1. The zero-order valence-electron chi connectivity index (χ0n) is 10.0. The molecule has 1 aromatic carbocycles. The van der Waals surface area contributed by atoms with E-state index >= 15 is 0 Å². The first-order chi connectivity index (χ1) is 8.73. The van der Waals surface area contributed by atoms with E-state index in [-0.39, 0.29) is 18.7 Å². The number of rotatable bonds is 5. The van der Waals surface area contributed by atoms with Crippen molar-refractivity contribution in [2.45, 2.75) is 19.5 Å². The molecule has 1 rings (SSSR count). The maximum atomic E-state index is 12.8. The summed E-state index contributed by atoms with van der Waals surface area (Å²) in [5, 5.41) is 11.0. The topological polar surface area (TPSA) is 66.4 Å². The predicted molar refractivity (Wildman–Crippen MR) is 62.2 cm³/mol. The van der Waals surface area contributed by atoms with E-state index in [0.29, 0.717) is 0 Å². The van der Waals surface area contributed by atoms with Gasteiger partial charge in [-0.3, -0.25) is 9.59 Å². The highest BCUT2D eigenvalue weighted by Crippen LogP contribution is 2.35. The number of carboxylic acid groups (broad SMARTS) is 1. The van der Waals surface area contributed by atoms with Gasteiger partial charge in [-0.05, 0) is 19.1 Å². The van der Waals surface area contributed by atoms with Crippen LogP contribution in [0.3, 0.4) is 0 Å². The number of anilines is 1. The zero-order valence-corrected chi connectivity index (χ0v) is 10.0. The van der Waals surface area contributed by atoms with E-state index in [2.05, 4.69) is 5.32 Å². The summed E-state index contributed by atoms with van der Waals surface area (Å²) in [6, 6.07) is 3.30. The van der Waals surface area contributed by atoms with Crippen LogP contribution in [0.2, 0.25) is 0 Å². The number of nitrogens with one attached hydrogen (secondary N) is 1. The van der Waals surface area contributed by atoms with Crippen LogP contribution >= 0.6 is 0 Å². The lowest BCUT2D eigenvalue weighted by atomic mass is 10.0. The van der Waals surface area contributed by atoms with Crippen molar-refractivity contribution in [2.24, 2.45) is 0 Å². The molecule has 0 saturated carbocycles. The van der Waals surface area contributed by atoms with Gasteiger partial charge >= 0.3 is 12.1 Å². The molecule has 0 atom stereocenters. The molecule has 0 bridgehead atoms. The Kier molecular flexibility index (Phi) is 4.52. The molecule has 7 heteroatoms. The first-order valence-corrected chi connectivity index (χ1v) is 5.40. The fourth-order valence-corrected chi connectivity index (χ4v) is 1.62. The fraction of sp³-hybridized carbons (Fsp3) is 0.333. The van der Waals surface area contributed by atoms with Crippen LogP contribution in [-0.4, -0.2) is 23.4 Å². The van der Waals surface area contributed by atoms with Crippen molar-refractivity contribution in [1.82, 2.24) is 0 Å². The van der Waals surface area contributed by atoms with Gasteiger partial charge < -0.3 is 10.4 Å². The Balaban J connectivity index is 3.11. The highest BCUT2D eigenvalue weighted by Gasteiger charge is 2.35. The van der Waals surface area contributed by atoms with Gasteiger partial charge in [0, 0.05) is 12.2 Å². The van der Waals surface area contributed by atoms with Crippen LogP contribution in [0.5, 0.6) is 0 Å². The molecule has 0 heterocycles. The van der Waals surface area contributed by atoms with Crippen LogP contribution in [-0.2, 0) is 11.0 Å². The minimum absolute atomic E-state index is 0.0106. The summed E-state index contributed by atoms with van der Waals surface area (Å²) in [5.41, 5.74) is -1.51. The van der Waals surface area contributed by atoms with E-state index in [4.69, 9.17) is 5.11 Å². The van der Waals surface area contributed by atoms with E-state index in [0.717, 1.165) is 13.0 Å². The Morgan fingerprint density at radius 2 is 1.95 bits per heavy atom. The third-order valence-corrected chi connectivity index (χ3v) is 2.38. The highest BCUT2D eigenvalue weighted by molar-refractivity contribution is 6.01. The summed E-state index contributed by atoms with van der Waals surface area (Å²) in [4.78, 5) is 21.7. The van der Waals surface area contributed by atoms with Gasteiger partial charge in [-0.1, -0.05) is 6.07 Å². The number of carbonyl (C=O) groups is 2. The molecule has 0 aromatic heterocycles. The summed E-state index contributed by atoms with van der Waals surface area (Å²) in [6.45, 7) is 0.976. The number of hydrogen-bond donors (Lipinski definition) is 2. The number of benzene rings is 1. The molecule has 0 saturated heterocycles. The summed E-state index contributed by atoms with van der Waals surface area (Å²) in [5.74, 6) is -1.81. The molecule has 1 aromatic rings. The first-order valence-electron chi connectivity index (χ1n) is 5.40. The highest BCUT2D eigenvalue weighted by atomic mass is 19.4. The Labute approximate surface area is 107 Å². The Hall–Kier alpha value is -2.05. The van der Waals surface area contributed by atoms with Crippen LogP contribution in [0.4, 0.5) is 18.9 Å². The maximum absolute atomic E-state index is 12.8. The lowest BCUT2D eigenvalue weighted by Gasteiger charge is -2.15. The minimum atomic E-state index is -4.63. The number of halogens is 3. The first kappa shape index (κ1) is 15.0. The third kappa shape index (κ3) is 3.97. The van der Waals surface area contributed by atoms with Crippen LogP contribution in [0.15, 0.2) is 18.2 Å². The molecule has 0 unspecified atom stereocenters. The summed E-state index contributed by atoms with van der Waals surface area (Å²) >= 11 is 0. The van der Waals surface area contributed by atoms with E-state index in [9.17, 15) is 22.8 Å². The minimum Gasteiger partial charge on any atom is -0.481 e. The van der Waals surface area contributed by atoms with Crippen molar-refractivity contribution in [3.63, 3.8) is 0 Å². The van der Waals surface area contributed by atoms with Gasteiger partial charge in [0.25, 0.3) is 0 Å². The summed E-state index contributed by atoms with van der Waals surface area (Å²) in [7, 11) is 0. The van der Waals surface area contributed by atoms with Crippen molar-refractivity contribution in [2.75, 3.05) is 11.9 Å². The van der Waals surface area contributed by atoms with Crippen molar-refractivity contribution in [3.8, 4) is 0 Å². The van der Waals surface area contributed by atoms with E-state index in [1.165, 1.54) is 12.1 Å². The number of carbonyl (C=O) groups excluding carboxylic acids is 1. The second-order valence-electron chi connectivity index (χ2n) is 3.85. The van der Waals surface area contributed by atoms with Gasteiger partial charge in [0.05, 0.1) is 17.5 Å². The fourth-order valence-electron chi connectivity index (χ4n) is 1.62. The number of aliphatic carboxylic acids is 1. The Morgan fingerprint density at radius 3 is 2.42 bits per heavy atom. The summed E-state index contributed by atoms with van der Waals surface area (Å²) in [6.07, 6.45) is -4.89. The quantitative estimate of drug-likeness (QED) is 0.811. The van der Waals surface area contributed by atoms with Crippen molar-refractivity contribution < 1.29 is 27.9 Å². The molecule has 2 N–H and O–H groups in total. The average molecular weight is 275 g/mol. The lowest BCUT2D eigenvalue weighted by molar-refractivity contribution is -0.138. The van der Waals surface area contributed by atoms with Crippen LogP contribution < -0.4 is 5.32 Å². The second kappa shape index (κ2) is 5.73. The standard InChI is InChI=1S/C12H12F3NO3/c1-7(17)11-8(12(13,14)15)3-2-4-9(11)16-6-5-10(18)19/h2-4,16H,5-6H2,1H3,(H,18,19). The molecule has 104 valence electrons. The molecule has 0 amide bonds. The molecule has 0 aliphatic heterocycles. The smallest absolute Gasteiger partial charge is 0.417 e. The number of Topliss-reactive ketones (excluding diaryl/α,β-unsaturated/α-hetero) is 1. The molecular formula is C12H12F3NO3. The molecule has 0 aliphatic rings. The normalized spacial score (nSPS) is 11.2. The molecule has 19 heavy (non-hydrogen) atoms. The maximum Gasteiger partial charge on any atom is 0.417 e. The van der Waals surface area contributed by atoms with Gasteiger partial charge in [0.1, 0.15) is 0 Å². The number of alkyl halides is 3. The van der Waals surface area contributed by atoms with Gasteiger partial charge in [-0.15, -0.1) is 0 Å². The third-order valence-electron chi connectivity index (χ3n) is 2.38. The van der Waals surface area contributed by atoms with Crippen molar-refractivity contribution in [1.29, 1.82) is 0 Å². The molecule has 0 spiro atoms. The average Bonchev–Trinajstić information content (AvgIpc) is 2.26. The van der Waals surface area contributed by atoms with Crippen LogP contribution in [0.1, 0.15) is 29.3 Å². The van der Waals surface area contributed by atoms with Gasteiger partial charge in [0.15, 0.2) is 5.78 Å². The van der Waals surface area contributed by atoms with E-state index in [1.807, 2.05) is 0 Å². The van der Waals surface area contributed by atoms with Crippen LogP contribution in [0, 0.1) is 0 Å². The monoisotopic (exact) mass is 275 g/mol. The van der Waals surface area contributed by atoms with Gasteiger partial charge in [0.2, 0.25) is 0 Å². The van der Waals surface area contributed by atoms with Crippen molar-refractivity contribution in [3.05, 3.63) is 29.3 Å². The largest absolute Gasteiger partial charge is 0.481 e. The predicted octanol–water partition coefficient (Wildman–Crippen LogP) is 2.79. The van der Waals surface area contributed by atoms with Crippen LogP contribution in [0.25, 0.3) is 0 Å². The molecule has 0 radical (unpaired) electrons. The van der Waals surface area contributed by atoms with Gasteiger partial charge in [-0.2, -0.15) is 13.2 Å². The summed E-state index contributed by atoms with van der Waals surface area (Å²) < 4.78 is 38.3. The van der Waals surface area contributed by atoms with E-state index < -0.39 is 29.1 Å². The number of hydrogen-bond acceptors (Lipinski definition) is 3. The molecule has 0 aliphatic carbocycles. The Morgan fingerprint density at radius 1 is 1.32 bits per heavy atom. The molecular weight excluding hydrogens is 263 g/mol. The van der Waals surface area contributed by atoms with Crippen molar-refractivity contribution >= 4 is 17.4 Å². The van der Waals surface area contributed by atoms with Gasteiger partial charge in [-0.25, -0.2) is 0 Å². The molecule has 4 nitrogen and oxygen atoms in total. The van der Waals surface area contributed by atoms with E-state index in [1.54, 1.807) is 0 Å². The lowest BCUT2D eigenvalue weighted by Crippen LogP contribution is -2.16. The Bertz CT molecular complexity index is 497. The SMILES string of the molecule is CC(=O)c1c(NCCC(=O)O)cccc1C(F)(F)F. The second-order valence-corrected chi connectivity index (χ2v) is 3.85.